The van der Waals surface area contributed by atoms with Crippen molar-refractivity contribution in [3.63, 3.8) is 0 Å². The van der Waals surface area contributed by atoms with E-state index in [0.29, 0.717) is 0 Å². The number of hydrogen-bond acceptors (Lipinski definition) is 21. The molecule has 0 saturated carbocycles. The summed E-state index contributed by atoms with van der Waals surface area (Å²) in [6, 6.07) is 0. The molecule has 21 nitrogen and oxygen atoms in total. The molecule has 4 rings (SSSR count). The van der Waals surface area contributed by atoms with Crippen LogP contribution >= 0.6 is 0 Å². The van der Waals surface area contributed by atoms with E-state index in [9.17, 15) is 71.5 Å². The molecule has 4 heterocycles. The molecule has 0 amide bonds. The zero-order valence-electron chi connectivity index (χ0n) is 23.5. The molecule has 45 heavy (non-hydrogen) atoms. The molecule has 4 fully saturated rings. The highest BCUT2D eigenvalue weighted by Gasteiger charge is 2.55. The highest BCUT2D eigenvalue weighted by molar-refractivity contribution is 4.97. The first-order chi connectivity index (χ1) is 21.3. The maximum Gasteiger partial charge on any atom is 0.187 e. The van der Waals surface area contributed by atoms with Crippen LogP contribution in [-0.4, -0.2) is 221 Å². The second kappa shape index (κ2) is 15.6. The minimum atomic E-state index is -2.02. The summed E-state index contributed by atoms with van der Waals surface area (Å²) in [6.45, 7) is -3.39. The van der Waals surface area contributed by atoms with Crippen molar-refractivity contribution >= 4 is 0 Å². The minimum Gasteiger partial charge on any atom is -0.394 e. The Balaban J connectivity index is 1.43. The lowest BCUT2D eigenvalue weighted by atomic mass is 9.95. The molecule has 9 unspecified atom stereocenters. The van der Waals surface area contributed by atoms with E-state index >= 15 is 0 Å². The Labute approximate surface area is 254 Å². The van der Waals surface area contributed by atoms with E-state index in [1.165, 1.54) is 0 Å². The third-order valence-electron chi connectivity index (χ3n) is 8.20. The van der Waals surface area contributed by atoms with Crippen molar-refractivity contribution in [1.29, 1.82) is 0 Å². The fraction of sp³-hybridized carbons (Fsp3) is 1.00. The Bertz CT molecular complexity index is 910. The molecule has 0 aromatic rings. The first-order valence-corrected chi connectivity index (χ1v) is 14.1. The van der Waals surface area contributed by atoms with Gasteiger partial charge >= 0.3 is 0 Å². The van der Waals surface area contributed by atoms with Crippen molar-refractivity contribution in [3.8, 4) is 0 Å². The number of ether oxygens (including phenoxy) is 7. The Morgan fingerprint density at radius 1 is 0.333 bits per heavy atom. The van der Waals surface area contributed by atoms with Crippen molar-refractivity contribution in [2.45, 2.75) is 123 Å². The van der Waals surface area contributed by atoms with E-state index in [1.807, 2.05) is 0 Å². The van der Waals surface area contributed by atoms with Crippen molar-refractivity contribution in [3.05, 3.63) is 0 Å². The van der Waals surface area contributed by atoms with Crippen LogP contribution in [-0.2, 0) is 33.2 Å². The first kappa shape index (κ1) is 37.0. The van der Waals surface area contributed by atoms with Crippen LogP contribution in [0.5, 0.6) is 0 Å². The molecule has 0 aromatic heterocycles. The van der Waals surface area contributed by atoms with Crippen LogP contribution < -0.4 is 0 Å². The van der Waals surface area contributed by atoms with Crippen LogP contribution in [0.3, 0.4) is 0 Å². The number of rotatable bonds is 10. The third kappa shape index (κ3) is 7.44. The molecule has 20 atom stereocenters. The Hall–Kier alpha value is -0.840. The molecule has 0 aromatic carbocycles. The van der Waals surface area contributed by atoms with Crippen molar-refractivity contribution in [2.24, 2.45) is 0 Å². The normalized spacial score (nSPS) is 52.9. The lowest BCUT2D eigenvalue weighted by molar-refractivity contribution is -0.387. The smallest absolute Gasteiger partial charge is 0.187 e. The zero-order valence-corrected chi connectivity index (χ0v) is 23.5. The van der Waals surface area contributed by atoms with Gasteiger partial charge in [0.1, 0.15) is 97.7 Å². The van der Waals surface area contributed by atoms with Gasteiger partial charge in [-0.3, -0.25) is 0 Å². The molecular formula is C24H42O21. The van der Waals surface area contributed by atoms with Gasteiger partial charge in [0, 0.05) is 0 Å². The van der Waals surface area contributed by atoms with Gasteiger partial charge in [0.15, 0.2) is 25.2 Å². The van der Waals surface area contributed by atoms with Gasteiger partial charge in [0.05, 0.1) is 26.4 Å². The van der Waals surface area contributed by atoms with Crippen LogP contribution in [0.2, 0.25) is 0 Å². The number of hydrogen-bond donors (Lipinski definition) is 14. The van der Waals surface area contributed by atoms with Crippen molar-refractivity contribution in [2.75, 3.05) is 26.4 Å². The second-order valence-corrected chi connectivity index (χ2v) is 11.1. The van der Waals surface area contributed by atoms with Gasteiger partial charge in [0.2, 0.25) is 0 Å². The average Bonchev–Trinajstić information content (AvgIpc) is 3.03. The maximum absolute atomic E-state index is 10.9. The standard InChI is InChI=1S/C24H42O21/c25-1-5-9(29)10(30)15(35)22(40-5)44-19-7(3-27)42-24(17(37)12(19)32)45-20-8(4-28)41-23(16(36)13(20)33)43-18-6(2-26)39-21(38)14(34)11(18)31/h5-38H,1-4H2/t5?,6?,7?,8?,9-,10?,11?,12?,13-,14?,15+,16?,17+,18+,19-,20-,21+,22+,23-,24+/m1/s1. The fourth-order valence-corrected chi connectivity index (χ4v) is 5.55. The monoisotopic (exact) mass is 666 g/mol. The summed E-state index contributed by atoms with van der Waals surface area (Å²) < 4.78 is 37.7. The molecule has 21 heteroatoms. The van der Waals surface area contributed by atoms with Gasteiger partial charge < -0.3 is 105 Å². The highest BCUT2D eigenvalue weighted by atomic mass is 16.8. The third-order valence-corrected chi connectivity index (χ3v) is 8.20. The topological polar surface area (TPSA) is 348 Å². The predicted molar refractivity (Wildman–Crippen MR) is 134 cm³/mol. The summed E-state index contributed by atoms with van der Waals surface area (Å²) in [4.78, 5) is 0. The van der Waals surface area contributed by atoms with E-state index in [-0.39, 0.29) is 0 Å². The van der Waals surface area contributed by atoms with Crippen molar-refractivity contribution < 1.29 is 105 Å². The summed E-state index contributed by atoms with van der Waals surface area (Å²) >= 11 is 0. The Morgan fingerprint density at radius 3 is 1.02 bits per heavy atom. The van der Waals surface area contributed by atoms with Crippen LogP contribution in [0.15, 0.2) is 0 Å². The SMILES string of the molecule is OCC1O[C@@H](O[C@@H]2C(CO)O[C@@H](O[C@@H]3C(CO)O[C@H](O[C@H]4C(CO)O[C@H](O)C(O)C4O)C(O)[C@H]3O)[C@@H](O)C2O)[C@@H](O)C(O)[C@@H]1O. The predicted octanol–water partition coefficient (Wildman–Crippen LogP) is -9.75. The van der Waals surface area contributed by atoms with Gasteiger partial charge in [-0.15, -0.1) is 0 Å². The number of aliphatic hydroxyl groups excluding tert-OH is 14. The molecule has 4 aliphatic heterocycles. The summed E-state index contributed by atoms with van der Waals surface area (Å²) in [5, 5.41) is 142. The van der Waals surface area contributed by atoms with Gasteiger partial charge in [-0.25, -0.2) is 0 Å². The number of aliphatic hydroxyl groups is 14. The average molecular weight is 667 g/mol. The zero-order chi connectivity index (χ0) is 33.3. The summed E-state index contributed by atoms with van der Waals surface area (Å²) in [6.07, 6.45) is -35.3. The molecule has 0 aliphatic carbocycles. The largest absolute Gasteiger partial charge is 0.394 e. The molecule has 264 valence electrons. The van der Waals surface area contributed by atoms with E-state index in [1.54, 1.807) is 0 Å². The van der Waals surface area contributed by atoms with Crippen molar-refractivity contribution in [1.82, 2.24) is 0 Å². The molecule has 14 N–H and O–H groups in total. The molecule has 4 aliphatic rings. The lowest BCUT2D eigenvalue weighted by Gasteiger charge is -2.49. The molecule has 0 spiro atoms. The van der Waals surface area contributed by atoms with Gasteiger partial charge in [0.25, 0.3) is 0 Å². The summed E-state index contributed by atoms with van der Waals surface area (Å²) in [7, 11) is 0. The van der Waals surface area contributed by atoms with E-state index < -0.39 is 149 Å². The Morgan fingerprint density at radius 2 is 0.644 bits per heavy atom. The van der Waals surface area contributed by atoms with E-state index in [2.05, 4.69) is 0 Å². The van der Waals surface area contributed by atoms with E-state index in [4.69, 9.17) is 33.2 Å². The summed E-state index contributed by atoms with van der Waals surface area (Å²) in [5.74, 6) is 0. The molecule has 0 radical (unpaired) electrons. The minimum absolute atomic E-state index is 0.784. The quantitative estimate of drug-likeness (QED) is 0.103. The fourth-order valence-electron chi connectivity index (χ4n) is 5.55. The van der Waals surface area contributed by atoms with Crippen LogP contribution in [0, 0.1) is 0 Å². The van der Waals surface area contributed by atoms with E-state index in [0.717, 1.165) is 0 Å². The maximum atomic E-state index is 10.9. The van der Waals surface area contributed by atoms with Gasteiger partial charge in [-0.05, 0) is 0 Å². The van der Waals surface area contributed by atoms with Crippen LogP contribution in [0.4, 0.5) is 0 Å². The molecular weight excluding hydrogens is 624 g/mol. The van der Waals surface area contributed by atoms with Gasteiger partial charge in [-0.1, -0.05) is 0 Å². The second-order valence-electron chi connectivity index (χ2n) is 11.1. The molecule has 4 saturated heterocycles. The first-order valence-electron chi connectivity index (χ1n) is 14.1. The van der Waals surface area contributed by atoms with Gasteiger partial charge in [-0.2, -0.15) is 0 Å². The highest BCUT2D eigenvalue weighted by Crippen LogP contribution is 2.34. The molecule has 0 bridgehead atoms. The van der Waals surface area contributed by atoms with Crippen LogP contribution in [0.25, 0.3) is 0 Å². The summed E-state index contributed by atoms with van der Waals surface area (Å²) in [5.41, 5.74) is 0. The van der Waals surface area contributed by atoms with Crippen LogP contribution in [0.1, 0.15) is 0 Å². The lowest BCUT2D eigenvalue weighted by Crippen LogP contribution is -2.67. The Kier molecular flexibility index (Phi) is 12.8.